The summed E-state index contributed by atoms with van der Waals surface area (Å²) in [5.74, 6) is 1.81. The van der Waals surface area contributed by atoms with E-state index in [4.69, 9.17) is 14.3 Å². The number of nitrogens with zero attached hydrogens (tertiary/aromatic N) is 2. The summed E-state index contributed by atoms with van der Waals surface area (Å²) in [4.78, 5) is 0. The summed E-state index contributed by atoms with van der Waals surface area (Å²) >= 11 is 0. The van der Waals surface area contributed by atoms with Gasteiger partial charge in [0.05, 0.1) is 24.6 Å². The largest absolute Gasteiger partial charge is 0.497 e. The van der Waals surface area contributed by atoms with Crippen LogP contribution in [0.15, 0.2) is 83.6 Å². The summed E-state index contributed by atoms with van der Waals surface area (Å²) in [6.45, 7) is 2.95. The molecule has 1 atom stereocenters. The molecule has 28 heavy (non-hydrogen) atoms. The van der Waals surface area contributed by atoms with Gasteiger partial charge in [-0.25, -0.2) is 4.68 Å². The molecule has 0 aliphatic heterocycles. The number of furan rings is 1. The second-order valence-corrected chi connectivity index (χ2v) is 6.76. The van der Waals surface area contributed by atoms with Gasteiger partial charge in [0.2, 0.25) is 0 Å². The van der Waals surface area contributed by atoms with E-state index >= 15 is 0 Å². The number of aromatic nitrogens is 2. The van der Waals surface area contributed by atoms with Crippen LogP contribution in [0, 0.1) is 0 Å². The maximum atomic E-state index is 5.53. The zero-order valence-electron chi connectivity index (χ0n) is 16.1. The number of hydrogen-bond donors (Lipinski definition) is 1. The first-order valence-electron chi connectivity index (χ1n) is 9.39. The van der Waals surface area contributed by atoms with E-state index < -0.39 is 0 Å². The fourth-order valence-corrected chi connectivity index (χ4v) is 3.23. The third-order valence-electron chi connectivity index (χ3n) is 4.86. The summed E-state index contributed by atoms with van der Waals surface area (Å²) in [6, 6.07) is 22.4. The quantitative estimate of drug-likeness (QED) is 0.533. The summed E-state index contributed by atoms with van der Waals surface area (Å²) in [7, 11) is 1.68. The van der Waals surface area contributed by atoms with Crippen LogP contribution in [0.5, 0.6) is 5.75 Å². The lowest BCUT2D eigenvalue weighted by atomic mass is 10.1. The van der Waals surface area contributed by atoms with Gasteiger partial charge in [-0.1, -0.05) is 18.2 Å². The fourth-order valence-electron chi connectivity index (χ4n) is 3.23. The van der Waals surface area contributed by atoms with E-state index in [0.29, 0.717) is 0 Å². The van der Waals surface area contributed by atoms with Crippen molar-refractivity contribution in [1.82, 2.24) is 9.78 Å². The number of methoxy groups -OCH3 is 1. The van der Waals surface area contributed by atoms with Crippen molar-refractivity contribution in [2.45, 2.75) is 19.5 Å². The number of benzene rings is 2. The lowest BCUT2D eigenvalue weighted by Gasteiger charge is -2.08. The molecule has 5 heteroatoms. The molecule has 0 bridgehead atoms. The minimum absolute atomic E-state index is 0.235. The predicted octanol–water partition coefficient (Wildman–Crippen LogP) is 3.97. The molecule has 2 aromatic carbocycles. The molecule has 0 saturated carbocycles. The highest BCUT2D eigenvalue weighted by atomic mass is 16.5. The van der Waals surface area contributed by atoms with Crippen LogP contribution < -0.4 is 10.1 Å². The Balaban J connectivity index is 1.65. The third-order valence-corrected chi connectivity index (χ3v) is 4.86. The van der Waals surface area contributed by atoms with Crippen LogP contribution in [0.25, 0.3) is 16.9 Å². The molecule has 2 aromatic heterocycles. The van der Waals surface area contributed by atoms with Crippen molar-refractivity contribution < 1.29 is 14.5 Å². The van der Waals surface area contributed by atoms with Gasteiger partial charge in [0.1, 0.15) is 24.0 Å². The maximum Gasteiger partial charge on any atom is 0.160 e. The Morgan fingerprint density at radius 1 is 1.04 bits per heavy atom. The highest BCUT2D eigenvalue weighted by Gasteiger charge is 2.17. The van der Waals surface area contributed by atoms with Crippen LogP contribution in [-0.2, 0) is 6.54 Å². The molecule has 142 valence electrons. The van der Waals surface area contributed by atoms with E-state index in [0.717, 1.165) is 35.0 Å². The molecule has 2 N–H and O–H groups in total. The maximum absolute atomic E-state index is 5.53. The summed E-state index contributed by atoms with van der Waals surface area (Å²) < 4.78 is 12.8. The molecule has 0 amide bonds. The zero-order chi connectivity index (χ0) is 19.3. The van der Waals surface area contributed by atoms with E-state index in [9.17, 15) is 0 Å². The molecule has 0 radical (unpaired) electrons. The van der Waals surface area contributed by atoms with E-state index in [1.54, 1.807) is 13.4 Å². The van der Waals surface area contributed by atoms with Gasteiger partial charge in [0.25, 0.3) is 0 Å². The summed E-state index contributed by atoms with van der Waals surface area (Å²) in [5, 5.41) is 7.14. The Morgan fingerprint density at radius 2 is 1.82 bits per heavy atom. The fraction of sp³-hybridized carbons (Fsp3) is 0.174. The normalized spacial score (nSPS) is 12.1. The molecule has 0 unspecified atom stereocenters. The average molecular weight is 374 g/mol. The zero-order valence-corrected chi connectivity index (χ0v) is 16.1. The van der Waals surface area contributed by atoms with Gasteiger partial charge in [0.15, 0.2) is 5.76 Å². The van der Waals surface area contributed by atoms with Crippen LogP contribution in [0.2, 0.25) is 0 Å². The van der Waals surface area contributed by atoms with E-state index in [2.05, 4.69) is 42.7 Å². The van der Waals surface area contributed by atoms with Gasteiger partial charge in [-0.15, -0.1) is 0 Å². The van der Waals surface area contributed by atoms with Gasteiger partial charge in [-0.05, 0) is 55.5 Å². The summed E-state index contributed by atoms with van der Waals surface area (Å²) in [5.41, 5.74) is 4.27. The Labute approximate surface area is 164 Å². The lowest BCUT2D eigenvalue weighted by molar-refractivity contribution is -0.709. The number of hydrogen-bond acceptors (Lipinski definition) is 3. The van der Waals surface area contributed by atoms with Gasteiger partial charge in [-0.2, -0.15) is 5.10 Å². The molecule has 0 aliphatic rings. The molecule has 0 saturated heterocycles. The van der Waals surface area contributed by atoms with Crippen molar-refractivity contribution in [3.8, 4) is 22.7 Å². The SMILES string of the molecule is COc1ccc(-c2nn(-c3ccccc3)cc2C[NH2+][C@@H](C)c2ccco2)cc1. The molecule has 0 spiro atoms. The number of para-hydroxylation sites is 1. The van der Waals surface area contributed by atoms with Gasteiger partial charge >= 0.3 is 0 Å². The van der Waals surface area contributed by atoms with Crippen molar-refractivity contribution in [3.05, 3.63) is 90.5 Å². The van der Waals surface area contributed by atoms with E-state index in [1.807, 2.05) is 47.1 Å². The molecular weight excluding hydrogens is 350 g/mol. The van der Waals surface area contributed by atoms with Gasteiger partial charge < -0.3 is 14.5 Å². The highest BCUT2D eigenvalue weighted by Crippen LogP contribution is 2.25. The van der Waals surface area contributed by atoms with Crippen LogP contribution in [-0.4, -0.2) is 16.9 Å². The number of nitrogens with two attached hydrogens (primary N) is 1. The van der Waals surface area contributed by atoms with E-state index in [1.165, 1.54) is 5.56 Å². The highest BCUT2D eigenvalue weighted by molar-refractivity contribution is 5.64. The van der Waals surface area contributed by atoms with Crippen LogP contribution in [0.3, 0.4) is 0 Å². The lowest BCUT2D eigenvalue weighted by Crippen LogP contribution is -2.83. The molecule has 2 heterocycles. The molecule has 5 nitrogen and oxygen atoms in total. The van der Waals surface area contributed by atoms with Gasteiger partial charge in [0, 0.05) is 11.8 Å². The first kappa shape index (κ1) is 18.1. The Hall–Kier alpha value is -3.31. The van der Waals surface area contributed by atoms with Crippen molar-refractivity contribution in [1.29, 1.82) is 0 Å². The number of quaternary nitrogens is 1. The van der Waals surface area contributed by atoms with Crippen molar-refractivity contribution >= 4 is 0 Å². The Kier molecular flexibility index (Phi) is 5.26. The minimum atomic E-state index is 0.235. The molecule has 0 fully saturated rings. The van der Waals surface area contributed by atoms with Crippen molar-refractivity contribution in [3.63, 3.8) is 0 Å². The molecule has 4 aromatic rings. The monoisotopic (exact) mass is 374 g/mol. The smallest absolute Gasteiger partial charge is 0.160 e. The average Bonchev–Trinajstić information content (AvgIpc) is 3.43. The number of rotatable bonds is 7. The first-order valence-corrected chi connectivity index (χ1v) is 9.39. The molecule has 4 rings (SSSR count). The molecular formula is C23H24N3O2+. The van der Waals surface area contributed by atoms with Crippen molar-refractivity contribution in [2.75, 3.05) is 7.11 Å². The van der Waals surface area contributed by atoms with Crippen LogP contribution >= 0.6 is 0 Å². The topological polar surface area (TPSA) is 56.8 Å². The Bertz CT molecular complexity index is 1010. The van der Waals surface area contributed by atoms with Gasteiger partial charge in [-0.3, -0.25) is 0 Å². The first-order chi connectivity index (χ1) is 13.7. The minimum Gasteiger partial charge on any atom is -0.497 e. The third kappa shape index (κ3) is 3.85. The summed E-state index contributed by atoms with van der Waals surface area (Å²) in [6.07, 6.45) is 3.83. The van der Waals surface area contributed by atoms with Crippen LogP contribution in [0.4, 0.5) is 0 Å². The van der Waals surface area contributed by atoms with Crippen LogP contribution in [0.1, 0.15) is 24.3 Å². The predicted molar refractivity (Wildman–Crippen MR) is 108 cm³/mol. The second kappa shape index (κ2) is 8.15. The number of ether oxygens (including phenoxy) is 1. The molecule has 0 aliphatic carbocycles. The standard InChI is InChI=1S/C23H23N3O2/c1-17(22-9-6-14-28-22)24-15-19-16-26(20-7-4-3-5-8-20)25-23(19)18-10-12-21(27-2)13-11-18/h3-14,16-17,24H,15H2,1-2H3/p+1/t17-/m0/s1. The Morgan fingerprint density at radius 3 is 2.50 bits per heavy atom. The van der Waals surface area contributed by atoms with Crippen molar-refractivity contribution in [2.24, 2.45) is 0 Å². The van der Waals surface area contributed by atoms with E-state index in [-0.39, 0.29) is 6.04 Å². The second-order valence-electron chi connectivity index (χ2n) is 6.76.